The largest absolute Gasteiger partial charge is 1.00 e. The van der Waals surface area contributed by atoms with Gasteiger partial charge in [0.15, 0.2) is 5.78 Å². The van der Waals surface area contributed by atoms with Crippen molar-refractivity contribution in [3.63, 3.8) is 0 Å². The Morgan fingerprint density at radius 1 is 1.50 bits per heavy atom. The third kappa shape index (κ3) is 6.79. The van der Waals surface area contributed by atoms with Crippen LogP contribution in [0.3, 0.4) is 0 Å². The van der Waals surface area contributed by atoms with Gasteiger partial charge in [0.1, 0.15) is 0 Å². The Bertz CT molecular complexity index is 155. The van der Waals surface area contributed by atoms with Gasteiger partial charge in [0, 0.05) is 0 Å². The van der Waals surface area contributed by atoms with E-state index >= 15 is 0 Å². The second-order valence-corrected chi connectivity index (χ2v) is 3.40. The number of nitrogens with zero attached hydrogens (tertiary/aromatic N) is 1. The molecule has 2 nitrogen and oxygen atoms in total. The van der Waals surface area contributed by atoms with Crippen LogP contribution >= 0.6 is 0 Å². The number of quaternary nitrogens is 1. The van der Waals surface area contributed by atoms with Gasteiger partial charge in [0.25, 0.3) is 0 Å². The molecule has 0 bridgehead atoms. The van der Waals surface area contributed by atoms with Crippen molar-refractivity contribution in [3.8, 4) is 0 Å². The Hall–Kier alpha value is 0.1000. The van der Waals surface area contributed by atoms with Gasteiger partial charge in [-0.25, -0.2) is 0 Å². The van der Waals surface area contributed by atoms with E-state index < -0.39 is 0 Å². The predicted octanol–water partition coefficient (Wildman–Crippen LogP) is -1.77. The first kappa shape index (κ1) is 14.6. The minimum atomic E-state index is 0. The van der Waals surface area contributed by atoms with Crippen LogP contribution in [0.5, 0.6) is 0 Å². The van der Waals surface area contributed by atoms with E-state index in [1.165, 1.54) is 6.08 Å². The summed E-state index contributed by atoms with van der Waals surface area (Å²) in [5.41, 5.74) is 0. The summed E-state index contributed by atoms with van der Waals surface area (Å²) in [7, 11) is 4.24. The first-order chi connectivity index (χ1) is 5.02. The van der Waals surface area contributed by atoms with Gasteiger partial charge in [0.05, 0.1) is 33.6 Å². The minimum Gasteiger partial charge on any atom is -1.00 e. The summed E-state index contributed by atoms with van der Waals surface area (Å²) in [4.78, 5) is 10.8. The highest BCUT2D eigenvalue weighted by molar-refractivity contribution is 5.89. The minimum absolute atomic E-state index is 0. The number of hydrogen-bond donors (Lipinski definition) is 0. The highest BCUT2D eigenvalue weighted by Crippen LogP contribution is 1.98. The molecule has 0 aliphatic rings. The van der Waals surface area contributed by atoms with E-state index in [2.05, 4.69) is 27.6 Å². The van der Waals surface area contributed by atoms with E-state index in [1.807, 2.05) is 0 Å². The second-order valence-electron chi connectivity index (χ2n) is 3.40. The SMILES string of the molecule is C=CC(=O)CC[N+](C)(C)CC.[I-]. The molecule has 0 rings (SSSR count). The molecule has 0 atom stereocenters. The molecule has 0 amide bonds. The summed E-state index contributed by atoms with van der Waals surface area (Å²) < 4.78 is 0.902. The average molecular weight is 283 g/mol. The maximum absolute atomic E-state index is 10.8. The summed E-state index contributed by atoms with van der Waals surface area (Å²) in [6, 6.07) is 0. The average Bonchev–Trinajstić information content (AvgIpc) is 2.00. The lowest BCUT2D eigenvalue weighted by atomic mass is 10.2. The van der Waals surface area contributed by atoms with Crippen molar-refractivity contribution in [2.24, 2.45) is 0 Å². The van der Waals surface area contributed by atoms with E-state index in [9.17, 15) is 4.79 Å². The monoisotopic (exact) mass is 283 g/mol. The molecule has 0 aliphatic carbocycles. The van der Waals surface area contributed by atoms with Crippen LogP contribution in [0.15, 0.2) is 12.7 Å². The van der Waals surface area contributed by atoms with Crippen LogP contribution in [0.2, 0.25) is 0 Å². The van der Waals surface area contributed by atoms with E-state index in [-0.39, 0.29) is 29.8 Å². The Kier molecular flexibility index (Phi) is 8.04. The molecule has 0 N–H and O–H groups in total. The van der Waals surface area contributed by atoms with E-state index in [0.29, 0.717) is 6.42 Å². The Morgan fingerprint density at radius 3 is 2.33 bits per heavy atom. The maximum atomic E-state index is 10.8. The van der Waals surface area contributed by atoms with Gasteiger partial charge in [0.2, 0.25) is 0 Å². The van der Waals surface area contributed by atoms with Gasteiger partial charge >= 0.3 is 0 Å². The third-order valence-electron chi connectivity index (χ3n) is 2.05. The van der Waals surface area contributed by atoms with Gasteiger partial charge in [-0.2, -0.15) is 0 Å². The topological polar surface area (TPSA) is 17.1 Å². The summed E-state index contributed by atoms with van der Waals surface area (Å²) >= 11 is 0. The van der Waals surface area contributed by atoms with Gasteiger partial charge < -0.3 is 28.5 Å². The van der Waals surface area contributed by atoms with E-state index in [0.717, 1.165) is 17.6 Å². The van der Waals surface area contributed by atoms with Crippen molar-refractivity contribution in [2.75, 3.05) is 27.2 Å². The van der Waals surface area contributed by atoms with Crippen molar-refractivity contribution in [1.82, 2.24) is 0 Å². The van der Waals surface area contributed by atoms with Gasteiger partial charge in [-0.15, -0.1) is 0 Å². The third-order valence-corrected chi connectivity index (χ3v) is 2.05. The van der Waals surface area contributed by atoms with Crippen LogP contribution in [0, 0.1) is 0 Å². The van der Waals surface area contributed by atoms with E-state index in [1.54, 1.807) is 0 Å². The predicted molar refractivity (Wildman–Crippen MR) is 47.3 cm³/mol. The molecule has 0 saturated carbocycles. The van der Waals surface area contributed by atoms with Crippen molar-refractivity contribution in [3.05, 3.63) is 12.7 Å². The first-order valence-corrected chi connectivity index (χ1v) is 3.99. The van der Waals surface area contributed by atoms with Crippen LogP contribution in [-0.4, -0.2) is 37.5 Å². The van der Waals surface area contributed by atoms with E-state index in [4.69, 9.17) is 0 Å². The normalized spacial score (nSPS) is 10.2. The molecule has 0 heterocycles. The molecule has 12 heavy (non-hydrogen) atoms. The fourth-order valence-corrected chi connectivity index (χ4v) is 0.673. The number of halogens is 1. The number of allylic oxidation sites excluding steroid dienone is 1. The molecule has 72 valence electrons. The molecule has 0 saturated heterocycles. The molecule has 0 aromatic heterocycles. The molecule has 0 fully saturated rings. The smallest absolute Gasteiger partial charge is 0.160 e. The summed E-state index contributed by atoms with van der Waals surface area (Å²) in [5.74, 6) is 0.143. The Labute approximate surface area is 92.2 Å². The molecular weight excluding hydrogens is 265 g/mol. The number of carbonyl (C=O) groups is 1. The van der Waals surface area contributed by atoms with Crippen molar-refractivity contribution in [2.45, 2.75) is 13.3 Å². The highest BCUT2D eigenvalue weighted by Gasteiger charge is 2.12. The fourth-order valence-electron chi connectivity index (χ4n) is 0.673. The Morgan fingerprint density at radius 2 is 2.00 bits per heavy atom. The molecular formula is C9H18INO. The highest BCUT2D eigenvalue weighted by atomic mass is 127. The van der Waals surface area contributed by atoms with Crippen molar-refractivity contribution >= 4 is 5.78 Å². The molecule has 0 aliphatic heterocycles. The Balaban J connectivity index is 0. The van der Waals surface area contributed by atoms with Gasteiger partial charge in [-0.05, 0) is 13.0 Å². The number of hydrogen-bond acceptors (Lipinski definition) is 1. The number of rotatable bonds is 5. The first-order valence-electron chi connectivity index (χ1n) is 3.99. The van der Waals surface area contributed by atoms with Crippen molar-refractivity contribution in [1.29, 1.82) is 0 Å². The number of carbonyl (C=O) groups excluding carboxylic acids is 1. The molecule has 0 radical (unpaired) electrons. The molecule has 0 spiro atoms. The lowest BCUT2D eigenvalue weighted by Crippen LogP contribution is -3.00. The van der Waals surface area contributed by atoms with Gasteiger partial charge in [-0.1, -0.05) is 6.58 Å². The van der Waals surface area contributed by atoms with Crippen LogP contribution in [0.4, 0.5) is 0 Å². The molecule has 0 aromatic rings. The van der Waals surface area contributed by atoms with Crippen molar-refractivity contribution < 1.29 is 33.3 Å². The van der Waals surface area contributed by atoms with Gasteiger partial charge in [-0.3, -0.25) is 4.79 Å². The lowest BCUT2D eigenvalue weighted by molar-refractivity contribution is -0.887. The van der Waals surface area contributed by atoms with Crippen LogP contribution in [-0.2, 0) is 4.79 Å². The molecule has 3 heteroatoms. The summed E-state index contributed by atoms with van der Waals surface area (Å²) in [6.45, 7) is 7.52. The van der Waals surface area contributed by atoms with Crippen LogP contribution in [0.1, 0.15) is 13.3 Å². The lowest BCUT2D eigenvalue weighted by Gasteiger charge is -2.27. The quantitative estimate of drug-likeness (QED) is 0.332. The second kappa shape index (κ2) is 6.60. The zero-order valence-corrected chi connectivity index (χ0v) is 10.3. The standard InChI is InChI=1S/C9H18NO.HI/c1-5-9(11)7-8-10(3,4)6-2;/h5H,1,6-8H2,2-4H3;1H/q+1;/p-1. The molecule has 0 unspecified atom stereocenters. The zero-order chi connectivity index (χ0) is 8.91. The number of ketones is 1. The zero-order valence-electron chi connectivity index (χ0n) is 8.14. The maximum Gasteiger partial charge on any atom is 0.160 e. The van der Waals surface area contributed by atoms with Crippen LogP contribution < -0.4 is 24.0 Å². The summed E-state index contributed by atoms with van der Waals surface area (Å²) in [6.07, 6.45) is 2.01. The summed E-state index contributed by atoms with van der Waals surface area (Å²) in [5, 5.41) is 0. The molecule has 0 aromatic carbocycles. The fraction of sp³-hybridized carbons (Fsp3) is 0.667. The van der Waals surface area contributed by atoms with Crippen LogP contribution in [0.25, 0.3) is 0 Å².